The van der Waals surface area contributed by atoms with Crippen LogP contribution in [0, 0.1) is 5.41 Å². The molecule has 0 N–H and O–H groups in total. The molecule has 1 aromatic carbocycles. The van der Waals surface area contributed by atoms with Gasteiger partial charge in [0, 0.05) is 10.4 Å². The average molecular weight is 350 g/mol. The molecule has 1 saturated carbocycles. The van der Waals surface area contributed by atoms with Gasteiger partial charge in [0.2, 0.25) is 0 Å². The van der Waals surface area contributed by atoms with Crippen molar-refractivity contribution in [2.24, 2.45) is 5.41 Å². The van der Waals surface area contributed by atoms with Crippen molar-refractivity contribution in [1.29, 1.82) is 0 Å². The lowest BCUT2D eigenvalue weighted by molar-refractivity contribution is -0.292. The molecule has 1 aromatic rings. The first-order valence-electron chi connectivity index (χ1n) is 8.82. The first kappa shape index (κ1) is 16.2. The number of hydrogen-bond donors (Lipinski definition) is 0. The van der Waals surface area contributed by atoms with Crippen molar-refractivity contribution in [1.82, 2.24) is 4.90 Å². The highest BCUT2D eigenvalue weighted by Crippen LogP contribution is 2.51. The third kappa shape index (κ3) is 2.42. The lowest BCUT2D eigenvalue weighted by Crippen LogP contribution is -2.81. The van der Waals surface area contributed by atoms with E-state index in [1.54, 1.807) is 12.1 Å². The third-order valence-electron chi connectivity index (χ3n) is 5.71. The molecule has 4 nitrogen and oxygen atoms in total. The van der Waals surface area contributed by atoms with Crippen LogP contribution in [0.3, 0.4) is 0 Å². The van der Waals surface area contributed by atoms with Crippen LogP contribution >= 0.6 is 11.6 Å². The van der Waals surface area contributed by atoms with Gasteiger partial charge in [0.1, 0.15) is 11.5 Å². The van der Waals surface area contributed by atoms with E-state index in [2.05, 4.69) is 13.8 Å². The van der Waals surface area contributed by atoms with Crippen LogP contribution in [-0.2, 0) is 9.53 Å². The molecule has 2 saturated heterocycles. The van der Waals surface area contributed by atoms with Gasteiger partial charge in [0.25, 0.3) is 5.91 Å². The number of rotatable bonds is 2. The van der Waals surface area contributed by atoms with Crippen LogP contribution in [0.5, 0.6) is 5.75 Å². The molecule has 0 bridgehead atoms. The highest BCUT2D eigenvalue weighted by atomic mass is 35.5. The van der Waals surface area contributed by atoms with Crippen molar-refractivity contribution in [3.8, 4) is 5.75 Å². The molecule has 0 radical (unpaired) electrons. The average Bonchev–Trinajstić information content (AvgIpc) is 2.57. The topological polar surface area (TPSA) is 38.8 Å². The number of carbonyl (C=O) groups is 1. The number of fused-ring (bicyclic) bond motifs is 2. The Kier molecular flexibility index (Phi) is 3.81. The number of nitrogens with zero attached hydrogens (tertiary/aromatic N) is 1. The van der Waals surface area contributed by atoms with Crippen LogP contribution in [0.4, 0.5) is 0 Å². The van der Waals surface area contributed by atoms with E-state index in [1.807, 2.05) is 17.0 Å². The summed E-state index contributed by atoms with van der Waals surface area (Å²) in [6.07, 6.45) is 4.94. The smallest absolute Gasteiger partial charge is 0.268 e. The molecule has 130 valence electrons. The van der Waals surface area contributed by atoms with Gasteiger partial charge in [0.05, 0.1) is 12.6 Å². The molecule has 0 aromatic heterocycles. The number of ether oxygens (including phenoxy) is 2. The van der Waals surface area contributed by atoms with Crippen LogP contribution in [0.2, 0.25) is 5.02 Å². The second-order valence-corrected chi connectivity index (χ2v) is 8.37. The normalized spacial score (nSPS) is 30.6. The van der Waals surface area contributed by atoms with Gasteiger partial charge >= 0.3 is 0 Å². The molecule has 2 heterocycles. The van der Waals surface area contributed by atoms with Crippen molar-refractivity contribution in [3.63, 3.8) is 0 Å². The Morgan fingerprint density at radius 1 is 1.17 bits per heavy atom. The Bertz CT molecular complexity index is 637. The first-order chi connectivity index (χ1) is 11.4. The highest BCUT2D eigenvalue weighted by molar-refractivity contribution is 6.30. The molecule has 24 heavy (non-hydrogen) atoms. The predicted octanol–water partition coefficient (Wildman–Crippen LogP) is 4.02. The second-order valence-electron chi connectivity index (χ2n) is 7.93. The predicted molar refractivity (Wildman–Crippen MR) is 92.1 cm³/mol. The molecule has 1 aliphatic carbocycles. The SMILES string of the molecule is CC1(C)COC2(CCCCC2)N2C(=O)[C@@H](Oc3ccc(Cl)cc3)[C@@H]21. The monoisotopic (exact) mass is 349 g/mol. The van der Waals surface area contributed by atoms with E-state index in [0.717, 1.165) is 25.7 Å². The number of hydrogen-bond acceptors (Lipinski definition) is 3. The summed E-state index contributed by atoms with van der Waals surface area (Å²) in [5.41, 5.74) is -0.511. The summed E-state index contributed by atoms with van der Waals surface area (Å²) in [4.78, 5) is 14.9. The highest BCUT2D eigenvalue weighted by Gasteiger charge is 2.66. The zero-order chi connectivity index (χ0) is 16.9. The minimum absolute atomic E-state index is 0.0598. The molecule has 3 aliphatic rings. The summed E-state index contributed by atoms with van der Waals surface area (Å²) in [6.45, 7) is 4.98. The van der Waals surface area contributed by atoms with E-state index >= 15 is 0 Å². The largest absolute Gasteiger partial charge is 0.478 e. The third-order valence-corrected chi connectivity index (χ3v) is 5.96. The zero-order valence-electron chi connectivity index (χ0n) is 14.3. The van der Waals surface area contributed by atoms with Crippen LogP contribution in [0.15, 0.2) is 24.3 Å². The summed E-state index contributed by atoms with van der Waals surface area (Å²) in [5, 5.41) is 0.663. The fourth-order valence-corrected chi connectivity index (χ4v) is 4.54. The molecule has 1 spiro atoms. The number of amides is 1. The van der Waals surface area contributed by atoms with E-state index in [9.17, 15) is 4.79 Å². The Balaban J connectivity index is 1.59. The maximum absolute atomic E-state index is 12.9. The molecular weight excluding hydrogens is 326 g/mol. The second kappa shape index (κ2) is 5.63. The van der Waals surface area contributed by atoms with Gasteiger partial charge in [-0.05, 0) is 49.9 Å². The quantitative estimate of drug-likeness (QED) is 0.757. The number of benzene rings is 1. The summed E-state index contributed by atoms with van der Waals surface area (Å²) in [7, 11) is 0. The van der Waals surface area contributed by atoms with Crippen molar-refractivity contribution in [2.75, 3.05) is 6.61 Å². The summed E-state index contributed by atoms with van der Waals surface area (Å²) in [6, 6.07) is 7.28. The Hall–Kier alpha value is -1.26. The Morgan fingerprint density at radius 2 is 1.83 bits per heavy atom. The minimum atomic E-state index is -0.427. The van der Waals surface area contributed by atoms with Gasteiger partial charge in [-0.15, -0.1) is 0 Å². The van der Waals surface area contributed by atoms with Gasteiger partial charge in [0.15, 0.2) is 6.10 Å². The van der Waals surface area contributed by atoms with Crippen LogP contribution in [-0.4, -0.2) is 35.3 Å². The fourth-order valence-electron chi connectivity index (χ4n) is 4.42. The van der Waals surface area contributed by atoms with Crippen LogP contribution < -0.4 is 4.74 Å². The number of halogens is 1. The molecule has 0 unspecified atom stereocenters. The van der Waals surface area contributed by atoms with E-state index in [1.165, 1.54) is 6.42 Å². The fraction of sp³-hybridized carbons (Fsp3) is 0.632. The van der Waals surface area contributed by atoms with Crippen LogP contribution in [0.1, 0.15) is 46.0 Å². The lowest BCUT2D eigenvalue weighted by atomic mass is 9.70. The summed E-state index contributed by atoms with van der Waals surface area (Å²) < 4.78 is 12.3. The molecule has 4 rings (SSSR count). The van der Waals surface area contributed by atoms with Gasteiger partial charge in [-0.25, -0.2) is 0 Å². The first-order valence-corrected chi connectivity index (χ1v) is 9.20. The maximum atomic E-state index is 12.9. The van der Waals surface area contributed by atoms with E-state index in [-0.39, 0.29) is 17.4 Å². The number of carbonyl (C=O) groups excluding carboxylic acids is 1. The maximum Gasteiger partial charge on any atom is 0.268 e. The van der Waals surface area contributed by atoms with E-state index in [0.29, 0.717) is 17.4 Å². The van der Waals surface area contributed by atoms with E-state index in [4.69, 9.17) is 21.1 Å². The van der Waals surface area contributed by atoms with E-state index < -0.39 is 11.8 Å². The Morgan fingerprint density at radius 3 is 2.50 bits per heavy atom. The van der Waals surface area contributed by atoms with Crippen molar-refractivity contribution >= 4 is 17.5 Å². The van der Waals surface area contributed by atoms with Gasteiger partial charge in [-0.3, -0.25) is 4.79 Å². The van der Waals surface area contributed by atoms with Crippen molar-refractivity contribution in [3.05, 3.63) is 29.3 Å². The number of β-lactam (4-membered cyclic amide) rings is 1. The van der Waals surface area contributed by atoms with Crippen LogP contribution in [0.25, 0.3) is 0 Å². The Labute approximate surface area is 148 Å². The van der Waals surface area contributed by atoms with Gasteiger partial charge in [-0.2, -0.15) is 0 Å². The minimum Gasteiger partial charge on any atom is -0.478 e. The van der Waals surface area contributed by atoms with Crippen molar-refractivity contribution < 1.29 is 14.3 Å². The standard InChI is InChI=1S/C19H24ClNO3/c1-18(2)12-23-19(10-4-3-5-11-19)21-16(18)15(17(21)22)24-14-8-6-13(20)7-9-14/h6-9,15-16H,3-5,10-12H2,1-2H3/t15-,16+/m0/s1. The van der Waals surface area contributed by atoms with Gasteiger partial charge < -0.3 is 14.4 Å². The molecule has 1 amide bonds. The lowest BCUT2D eigenvalue weighted by Gasteiger charge is -2.64. The molecule has 3 fully saturated rings. The molecule has 2 atom stereocenters. The molecule has 2 aliphatic heterocycles. The van der Waals surface area contributed by atoms with Gasteiger partial charge in [-0.1, -0.05) is 31.9 Å². The molecule has 5 heteroatoms. The van der Waals surface area contributed by atoms with Crippen molar-refractivity contribution in [2.45, 2.75) is 63.8 Å². The summed E-state index contributed by atoms with van der Waals surface area (Å²) >= 11 is 5.93. The summed E-state index contributed by atoms with van der Waals surface area (Å²) in [5.74, 6) is 0.752. The zero-order valence-corrected chi connectivity index (χ0v) is 15.0. The molecular formula is C19H24ClNO3.